The number of halogens is 1. The molecule has 0 N–H and O–H groups in total. The molecule has 0 fully saturated rings. The highest BCUT2D eigenvalue weighted by atomic mass is 19.1. The van der Waals surface area contributed by atoms with Crippen LogP contribution in [0.15, 0.2) is 24.3 Å². The second kappa shape index (κ2) is 4.60. The fourth-order valence-corrected chi connectivity index (χ4v) is 0.999. The molecule has 0 bridgehead atoms. The van der Waals surface area contributed by atoms with Crippen LogP contribution in [-0.2, 0) is 11.2 Å². The molecule has 0 aliphatic rings. The number of rotatable bonds is 3. The van der Waals surface area contributed by atoms with Gasteiger partial charge in [0.2, 0.25) is 0 Å². The maximum atomic E-state index is 11.9. The topological polar surface area (TPSA) is 26.3 Å². The van der Waals surface area contributed by atoms with Gasteiger partial charge in [-0.25, -0.2) is 0 Å². The van der Waals surface area contributed by atoms with Crippen molar-refractivity contribution < 1.29 is 13.9 Å². The van der Waals surface area contributed by atoms with Gasteiger partial charge in [0, 0.05) is 13.3 Å². The minimum Gasteiger partial charge on any atom is -0.427 e. The van der Waals surface area contributed by atoms with Crippen molar-refractivity contribution in [2.24, 2.45) is 0 Å². The summed E-state index contributed by atoms with van der Waals surface area (Å²) < 4.78 is 16.7. The number of benzene rings is 1. The van der Waals surface area contributed by atoms with Crippen molar-refractivity contribution >= 4 is 5.97 Å². The molecular weight excluding hydrogens is 171 g/mol. The van der Waals surface area contributed by atoms with E-state index in [0.29, 0.717) is 12.2 Å². The molecule has 70 valence electrons. The molecule has 13 heavy (non-hydrogen) atoms. The first-order valence-corrected chi connectivity index (χ1v) is 4.05. The van der Waals surface area contributed by atoms with Crippen LogP contribution < -0.4 is 4.74 Å². The number of aryl methyl sites for hydroxylation is 1. The predicted octanol–water partition coefficient (Wildman–Crippen LogP) is 2.12. The second-order valence-electron chi connectivity index (χ2n) is 2.68. The summed E-state index contributed by atoms with van der Waals surface area (Å²) in [7, 11) is 0. The first-order chi connectivity index (χ1) is 6.22. The molecule has 0 atom stereocenters. The minimum atomic E-state index is -0.368. The van der Waals surface area contributed by atoms with E-state index in [4.69, 9.17) is 4.74 Å². The lowest BCUT2D eigenvalue weighted by atomic mass is 10.2. The van der Waals surface area contributed by atoms with E-state index >= 15 is 0 Å². The van der Waals surface area contributed by atoms with Gasteiger partial charge in [-0.15, -0.1) is 0 Å². The number of esters is 1. The Labute approximate surface area is 76.3 Å². The summed E-state index contributed by atoms with van der Waals surface area (Å²) in [4.78, 5) is 10.5. The zero-order valence-electron chi connectivity index (χ0n) is 7.42. The number of carbonyl (C=O) groups is 1. The molecule has 0 spiro atoms. The predicted molar refractivity (Wildman–Crippen MR) is 47.4 cm³/mol. The zero-order chi connectivity index (χ0) is 9.68. The van der Waals surface area contributed by atoms with Crippen LogP contribution in [0.1, 0.15) is 12.5 Å². The van der Waals surface area contributed by atoms with Crippen molar-refractivity contribution in [1.82, 2.24) is 0 Å². The summed E-state index contributed by atoms with van der Waals surface area (Å²) in [5, 5.41) is 0. The number of hydrogen-bond donors (Lipinski definition) is 0. The molecule has 0 heterocycles. The molecule has 0 aromatic heterocycles. The molecule has 1 rings (SSSR count). The summed E-state index contributed by atoms with van der Waals surface area (Å²) >= 11 is 0. The molecule has 3 heteroatoms. The standard InChI is InChI=1S/C10H11FO2/c1-8(12)13-10-4-2-9(3-5-10)6-7-11/h2-5H,6-7H2,1H3. The molecule has 0 unspecified atom stereocenters. The normalized spacial score (nSPS) is 9.69. The fourth-order valence-electron chi connectivity index (χ4n) is 0.999. The Bertz CT molecular complexity index is 279. The Balaban J connectivity index is 2.64. The van der Waals surface area contributed by atoms with E-state index in [9.17, 15) is 9.18 Å². The fraction of sp³-hybridized carbons (Fsp3) is 0.300. The minimum absolute atomic E-state index is 0.349. The maximum Gasteiger partial charge on any atom is 0.308 e. The van der Waals surface area contributed by atoms with E-state index < -0.39 is 0 Å². The van der Waals surface area contributed by atoms with Crippen molar-refractivity contribution in [2.75, 3.05) is 6.67 Å². The van der Waals surface area contributed by atoms with Crippen LogP contribution in [0, 0.1) is 0 Å². The zero-order valence-corrected chi connectivity index (χ0v) is 7.42. The van der Waals surface area contributed by atoms with E-state index in [-0.39, 0.29) is 12.6 Å². The summed E-state index contributed by atoms with van der Waals surface area (Å²) in [5.41, 5.74) is 0.901. The number of ether oxygens (including phenoxy) is 1. The van der Waals surface area contributed by atoms with Gasteiger partial charge in [0.15, 0.2) is 0 Å². The van der Waals surface area contributed by atoms with Gasteiger partial charge in [-0.05, 0) is 17.7 Å². The van der Waals surface area contributed by atoms with E-state index in [1.807, 2.05) is 0 Å². The van der Waals surface area contributed by atoms with E-state index in [1.54, 1.807) is 24.3 Å². The van der Waals surface area contributed by atoms with Crippen molar-refractivity contribution in [3.63, 3.8) is 0 Å². The number of alkyl halides is 1. The molecular formula is C10H11FO2. The van der Waals surface area contributed by atoms with Crippen LogP contribution in [-0.4, -0.2) is 12.6 Å². The van der Waals surface area contributed by atoms with Crippen molar-refractivity contribution in [3.05, 3.63) is 29.8 Å². The first-order valence-electron chi connectivity index (χ1n) is 4.05. The average molecular weight is 182 g/mol. The van der Waals surface area contributed by atoms with Crippen LogP contribution in [0.5, 0.6) is 5.75 Å². The van der Waals surface area contributed by atoms with Crippen LogP contribution in [0.4, 0.5) is 4.39 Å². The Morgan fingerprint density at radius 3 is 2.46 bits per heavy atom. The molecule has 1 aromatic rings. The smallest absolute Gasteiger partial charge is 0.308 e. The lowest BCUT2D eigenvalue weighted by Gasteiger charge is -2.01. The van der Waals surface area contributed by atoms with Gasteiger partial charge in [-0.3, -0.25) is 9.18 Å². The van der Waals surface area contributed by atoms with Gasteiger partial charge in [-0.1, -0.05) is 12.1 Å². The summed E-state index contributed by atoms with van der Waals surface area (Å²) in [6.07, 6.45) is 0.403. The summed E-state index contributed by atoms with van der Waals surface area (Å²) in [6.45, 7) is 0.975. The largest absolute Gasteiger partial charge is 0.427 e. The molecule has 0 aliphatic carbocycles. The molecule has 0 radical (unpaired) electrons. The molecule has 0 amide bonds. The summed E-state index contributed by atoms with van der Waals surface area (Å²) in [6, 6.07) is 6.81. The van der Waals surface area contributed by atoms with Crippen molar-refractivity contribution in [2.45, 2.75) is 13.3 Å². The van der Waals surface area contributed by atoms with E-state index in [2.05, 4.69) is 0 Å². The Hall–Kier alpha value is -1.38. The summed E-state index contributed by atoms with van der Waals surface area (Å²) in [5.74, 6) is 0.147. The highest BCUT2D eigenvalue weighted by molar-refractivity contribution is 5.69. The number of hydrogen-bond acceptors (Lipinski definition) is 2. The van der Waals surface area contributed by atoms with Crippen LogP contribution >= 0.6 is 0 Å². The highest BCUT2D eigenvalue weighted by Gasteiger charge is 1.97. The molecule has 1 aromatic carbocycles. The van der Waals surface area contributed by atoms with Gasteiger partial charge in [0.1, 0.15) is 5.75 Å². The van der Waals surface area contributed by atoms with Crippen molar-refractivity contribution in [1.29, 1.82) is 0 Å². The highest BCUT2D eigenvalue weighted by Crippen LogP contribution is 2.12. The third-order valence-electron chi connectivity index (χ3n) is 1.57. The van der Waals surface area contributed by atoms with Gasteiger partial charge in [0.25, 0.3) is 0 Å². The third kappa shape index (κ3) is 3.23. The molecule has 2 nitrogen and oxygen atoms in total. The quantitative estimate of drug-likeness (QED) is 0.528. The second-order valence-corrected chi connectivity index (χ2v) is 2.68. The van der Waals surface area contributed by atoms with Gasteiger partial charge >= 0.3 is 5.97 Å². The Morgan fingerprint density at radius 1 is 1.38 bits per heavy atom. The van der Waals surface area contributed by atoms with Gasteiger partial charge in [-0.2, -0.15) is 0 Å². The molecule has 0 saturated heterocycles. The van der Waals surface area contributed by atoms with Crippen LogP contribution in [0.2, 0.25) is 0 Å². The average Bonchev–Trinajstić information content (AvgIpc) is 2.08. The SMILES string of the molecule is CC(=O)Oc1ccc(CCF)cc1. The van der Waals surface area contributed by atoms with Crippen LogP contribution in [0.3, 0.4) is 0 Å². The number of carbonyl (C=O) groups excluding carboxylic acids is 1. The molecule has 0 saturated carbocycles. The lowest BCUT2D eigenvalue weighted by molar-refractivity contribution is -0.131. The molecule has 0 aliphatic heterocycles. The Kier molecular flexibility index (Phi) is 3.43. The maximum absolute atomic E-state index is 11.9. The van der Waals surface area contributed by atoms with Crippen molar-refractivity contribution in [3.8, 4) is 5.75 Å². The third-order valence-corrected chi connectivity index (χ3v) is 1.57. The van der Waals surface area contributed by atoms with E-state index in [1.165, 1.54) is 6.92 Å². The first kappa shape index (κ1) is 9.71. The van der Waals surface area contributed by atoms with Gasteiger partial charge < -0.3 is 4.74 Å². The lowest BCUT2D eigenvalue weighted by Crippen LogP contribution is -2.01. The van der Waals surface area contributed by atoms with Gasteiger partial charge in [0.05, 0.1) is 6.67 Å². The van der Waals surface area contributed by atoms with Crippen LogP contribution in [0.25, 0.3) is 0 Å². The monoisotopic (exact) mass is 182 g/mol. The Morgan fingerprint density at radius 2 is 2.00 bits per heavy atom. The van der Waals surface area contributed by atoms with E-state index in [0.717, 1.165) is 5.56 Å².